The highest BCUT2D eigenvalue weighted by Gasteiger charge is 2.08. The molecule has 0 aliphatic rings. The molecule has 0 amide bonds. The van der Waals surface area contributed by atoms with Crippen LogP contribution in [-0.4, -0.2) is 11.7 Å². The number of hydrogen-bond donors (Lipinski definition) is 0. The lowest BCUT2D eigenvalue weighted by Crippen LogP contribution is -2.14. The first-order chi connectivity index (χ1) is 12.1. The molecule has 0 saturated carbocycles. The zero-order valence-electron chi connectivity index (χ0n) is 14.8. The van der Waals surface area contributed by atoms with Crippen molar-refractivity contribution in [2.24, 2.45) is 4.99 Å². The molecule has 1 heterocycles. The van der Waals surface area contributed by atoms with Crippen LogP contribution in [0.15, 0.2) is 65.5 Å². The van der Waals surface area contributed by atoms with Crippen LogP contribution in [-0.2, 0) is 6.54 Å². The third-order valence-electron chi connectivity index (χ3n) is 4.29. The molecule has 0 radical (unpaired) electrons. The van der Waals surface area contributed by atoms with Gasteiger partial charge in [-0.2, -0.15) is 0 Å². The molecule has 1 aromatic heterocycles. The number of hydrogen-bond acceptors (Lipinski definition) is 3. The topological polar surface area (TPSA) is 26.5 Å². The Balaban J connectivity index is 2.12. The molecule has 2 aromatic carbocycles. The first kappa shape index (κ1) is 17.2. The molecule has 0 aliphatic carbocycles. The van der Waals surface area contributed by atoms with Crippen LogP contribution in [0.3, 0.4) is 0 Å². The van der Waals surface area contributed by atoms with E-state index in [-0.39, 0.29) is 0 Å². The van der Waals surface area contributed by atoms with Crippen LogP contribution < -0.4 is 9.54 Å². The van der Waals surface area contributed by atoms with Crippen molar-refractivity contribution in [1.82, 2.24) is 4.57 Å². The molecule has 0 aliphatic heterocycles. The van der Waals surface area contributed by atoms with E-state index in [9.17, 15) is 0 Å². The Bertz CT molecular complexity index is 949. The van der Waals surface area contributed by atoms with E-state index < -0.39 is 0 Å². The molecule has 0 atom stereocenters. The predicted octanol–water partition coefficient (Wildman–Crippen LogP) is 5.26. The quantitative estimate of drug-likeness (QED) is 0.577. The number of methoxy groups -OCH3 is 1. The highest BCUT2D eigenvalue weighted by Crippen LogP contribution is 2.25. The van der Waals surface area contributed by atoms with Gasteiger partial charge >= 0.3 is 0 Å². The predicted molar refractivity (Wildman–Crippen MR) is 106 cm³/mol. The van der Waals surface area contributed by atoms with Crippen LogP contribution >= 0.6 is 11.3 Å². The van der Waals surface area contributed by atoms with Crippen LogP contribution in [0.25, 0.3) is 11.3 Å². The van der Waals surface area contributed by atoms with Crippen LogP contribution in [0.4, 0.5) is 5.69 Å². The van der Waals surface area contributed by atoms with Crippen molar-refractivity contribution < 1.29 is 4.74 Å². The van der Waals surface area contributed by atoms with Gasteiger partial charge in [0.1, 0.15) is 5.75 Å². The number of thiazole rings is 1. The molecule has 3 nitrogen and oxygen atoms in total. The van der Waals surface area contributed by atoms with E-state index >= 15 is 0 Å². The number of benzene rings is 2. The molecule has 0 bridgehead atoms. The zero-order valence-corrected chi connectivity index (χ0v) is 15.6. The fraction of sp³-hybridized carbons (Fsp3) is 0.190. The molecule has 0 N–H and O–H groups in total. The Morgan fingerprint density at radius 2 is 1.92 bits per heavy atom. The third kappa shape index (κ3) is 3.59. The van der Waals surface area contributed by atoms with E-state index in [4.69, 9.17) is 9.73 Å². The monoisotopic (exact) mass is 350 g/mol. The molecular weight excluding hydrogens is 328 g/mol. The third-order valence-corrected chi connectivity index (χ3v) is 5.15. The molecule has 3 rings (SSSR count). The molecule has 0 unspecified atom stereocenters. The molecule has 25 heavy (non-hydrogen) atoms. The number of aromatic nitrogens is 1. The molecule has 0 spiro atoms. The Hall–Kier alpha value is -2.59. The maximum atomic E-state index is 5.25. The van der Waals surface area contributed by atoms with Gasteiger partial charge in [-0.25, -0.2) is 4.99 Å². The second kappa shape index (κ2) is 7.53. The van der Waals surface area contributed by atoms with E-state index in [2.05, 4.69) is 60.7 Å². The fourth-order valence-electron chi connectivity index (χ4n) is 2.68. The second-order valence-electron chi connectivity index (χ2n) is 5.86. The molecule has 128 valence electrons. The van der Waals surface area contributed by atoms with Gasteiger partial charge in [0.2, 0.25) is 0 Å². The summed E-state index contributed by atoms with van der Waals surface area (Å²) >= 11 is 1.65. The van der Waals surface area contributed by atoms with Crippen LogP contribution in [0, 0.1) is 13.8 Å². The minimum absolute atomic E-state index is 0.717. The highest BCUT2D eigenvalue weighted by atomic mass is 32.1. The van der Waals surface area contributed by atoms with Crippen molar-refractivity contribution in [3.63, 3.8) is 0 Å². The summed E-state index contributed by atoms with van der Waals surface area (Å²) in [5.74, 6) is 0.856. The molecule has 0 fully saturated rings. The first-order valence-corrected chi connectivity index (χ1v) is 9.06. The second-order valence-corrected chi connectivity index (χ2v) is 6.70. The Morgan fingerprint density at radius 1 is 1.16 bits per heavy atom. The molecule has 4 heteroatoms. The van der Waals surface area contributed by atoms with Gasteiger partial charge < -0.3 is 9.30 Å². The number of nitrogens with zero attached hydrogens (tertiary/aromatic N) is 2. The minimum atomic E-state index is 0.717. The van der Waals surface area contributed by atoms with E-state index in [0.717, 1.165) is 27.5 Å². The first-order valence-electron chi connectivity index (χ1n) is 8.18. The van der Waals surface area contributed by atoms with Crippen molar-refractivity contribution in [2.45, 2.75) is 20.4 Å². The summed E-state index contributed by atoms with van der Waals surface area (Å²) in [5, 5.41) is 2.15. The fourth-order valence-corrected chi connectivity index (χ4v) is 3.61. The maximum Gasteiger partial charge on any atom is 0.190 e. The standard InChI is InChI=1S/C21H22N2OS/c1-5-13-23-20(17-9-11-18(24-4)12-10-17)14-25-21(23)22-19-8-6-7-15(2)16(19)3/h5-12,14H,1,13H2,2-4H3. The van der Waals surface area contributed by atoms with Gasteiger partial charge in [-0.15, -0.1) is 17.9 Å². The lowest BCUT2D eigenvalue weighted by Gasteiger charge is -2.08. The number of rotatable bonds is 5. The van der Waals surface area contributed by atoms with Gasteiger partial charge in [0.05, 0.1) is 18.5 Å². The number of allylic oxidation sites excluding steroid dienone is 1. The van der Waals surface area contributed by atoms with Crippen LogP contribution in [0.5, 0.6) is 5.75 Å². The average molecular weight is 350 g/mol. The van der Waals surface area contributed by atoms with E-state index in [0.29, 0.717) is 6.54 Å². The van der Waals surface area contributed by atoms with Gasteiger partial charge in [0.25, 0.3) is 0 Å². The Kier molecular flexibility index (Phi) is 5.19. The summed E-state index contributed by atoms with van der Waals surface area (Å²) in [6.45, 7) is 8.85. The molecule has 0 saturated heterocycles. The summed E-state index contributed by atoms with van der Waals surface area (Å²) in [5.41, 5.74) is 5.76. The van der Waals surface area contributed by atoms with Crippen molar-refractivity contribution >= 4 is 17.0 Å². The van der Waals surface area contributed by atoms with Crippen molar-refractivity contribution in [3.05, 3.63) is 76.4 Å². The van der Waals surface area contributed by atoms with E-state index in [1.807, 2.05) is 18.2 Å². The summed E-state index contributed by atoms with van der Waals surface area (Å²) in [4.78, 5) is 5.88. The maximum absolute atomic E-state index is 5.25. The Labute approximate surface area is 152 Å². The smallest absolute Gasteiger partial charge is 0.190 e. The summed E-state index contributed by atoms with van der Waals surface area (Å²) < 4.78 is 7.45. The van der Waals surface area contributed by atoms with Gasteiger partial charge in [-0.05, 0) is 60.9 Å². The molecule has 3 aromatic rings. The van der Waals surface area contributed by atoms with Gasteiger partial charge in [0, 0.05) is 11.9 Å². The van der Waals surface area contributed by atoms with Crippen LogP contribution in [0.2, 0.25) is 0 Å². The highest BCUT2D eigenvalue weighted by molar-refractivity contribution is 7.07. The van der Waals surface area contributed by atoms with E-state index in [1.165, 1.54) is 11.1 Å². The van der Waals surface area contributed by atoms with Crippen molar-refractivity contribution in [3.8, 4) is 17.0 Å². The van der Waals surface area contributed by atoms with Gasteiger partial charge in [-0.1, -0.05) is 18.2 Å². The summed E-state index contributed by atoms with van der Waals surface area (Å²) in [7, 11) is 1.68. The Morgan fingerprint density at radius 3 is 2.60 bits per heavy atom. The van der Waals surface area contributed by atoms with Gasteiger partial charge in [-0.3, -0.25) is 0 Å². The largest absolute Gasteiger partial charge is 0.497 e. The lowest BCUT2D eigenvalue weighted by atomic mass is 10.1. The number of ether oxygens (including phenoxy) is 1. The van der Waals surface area contributed by atoms with Gasteiger partial charge in [0.15, 0.2) is 4.80 Å². The normalized spacial score (nSPS) is 11.6. The van der Waals surface area contributed by atoms with Crippen molar-refractivity contribution in [2.75, 3.05) is 7.11 Å². The average Bonchev–Trinajstić information content (AvgIpc) is 3.02. The van der Waals surface area contributed by atoms with E-state index in [1.54, 1.807) is 18.4 Å². The minimum Gasteiger partial charge on any atom is -0.497 e. The summed E-state index contributed by atoms with van der Waals surface area (Å²) in [6.07, 6.45) is 1.90. The SMILES string of the molecule is C=CCn1c(-c2ccc(OC)cc2)csc1=Nc1cccc(C)c1C. The molecular formula is C21H22N2OS. The lowest BCUT2D eigenvalue weighted by molar-refractivity contribution is 0.415. The van der Waals surface area contributed by atoms with Crippen LogP contribution in [0.1, 0.15) is 11.1 Å². The number of aryl methyl sites for hydroxylation is 1. The van der Waals surface area contributed by atoms with Crippen molar-refractivity contribution in [1.29, 1.82) is 0 Å². The zero-order chi connectivity index (χ0) is 17.8. The summed E-state index contributed by atoms with van der Waals surface area (Å²) in [6, 6.07) is 14.3.